The third-order valence-electron chi connectivity index (χ3n) is 4.17. The molecule has 1 saturated heterocycles. The fourth-order valence-electron chi connectivity index (χ4n) is 2.87. The maximum absolute atomic E-state index is 12.7. The summed E-state index contributed by atoms with van der Waals surface area (Å²) in [5, 5.41) is 2.31. The van der Waals surface area contributed by atoms with Gasteiger partial charge in [-0.2, -0.15) is 4.98 Å². The van der Waals surface area contributed by atoms with Gasteiger partial charge in [0, 0.05) is 30.5 Å². The van der Waals surface area contributed by atoms with Crippen LogP contribution in [-0.2, 0) is 10.0 Å². The summed E-state index contributed by atoms with van der Waals surface area (Å²) in [5.41, 5.74) is 1.29. The zero-order valence-electron chi connectivity index (χ0n) is 15.4. The molecule has 2 N–H and O–H groups in total. The normalized spacial score (nSPS) is 14.0. The Morgan fingerprint density at radius 3 is 2.61 bits per heavy atom. The molecule has 11 heteroatoms. The van der Waals surface area contributed by atoms with Crippen molar-refractivity contribution in [3.8, 4) is 5.88 Å². The fourth-order valence-corrected chi connectivity index (χ4v) is 4.30. The number of rotatable bonds is 5. The Labute approximate surface area is 168 Å². The van der Waals surface area contributed by atoms with Crippen molar-refractivity contribution in [3.63, 3.8) is 0 Å². The average molecular weight is 426 g/mol. The summed E-state index contributed by atoms with van der Waals surface area (Å²) in [6.07, 6.45) is 2.09. The van der Waals surface area contributed by atoms with Gasteiger partial charge in [-0.05, 0) is 38.0 Å². The van der Waals surface area contributed by atoms with Crippen LogP contribution in [0.25, 0.3) is 0 Å². The van der Waals surface area contributed by atoms with E-state index in [-0.39, 0.29) is 21.7 Å². The van der Waals surface area contributed by atoms with Gasteiger partial charge in [0.2, 0.25) is 11.8 Å². The summed E-state index contributed by atoms with van der Waals surface area (Å²) in [6.45, 7) is 3.39. The van der Waals surface area contributed by atoms with Crippen molar-refractivity contribution in [1.29, 1.82) is 0 Å². The second-order valence-corrected chi connectivity index (χ2v) is 8.30. The van der Waals surface area contributed by atoms with Crippen molar-refractivity contribution in [2.24, 2.45) is 0 Å². The van der Waals surface area contributed by atoms with Crippen molar-refractivity contribution in [1.82, 2.24) is 14.7 Å². The SMILES string of the molecule is COc1cc(C)nc(NC(=O)NS(=O)(=O)c2cc(N3CCCC3)ccc2Cl)n1. The number of aromatic nitrogens is 2. The molecular weight excluding hydrogens is 406 g/mol. The minimum Gasteiger partial charge on any atom is -0.481 e. The molecule has 2 heterocycles. The number of methoxy groups -OCH3 is 1. The van der Waals surface area contributed by atoms with Gasteiger partial charge in [0.1, 0.15) is 4.90 Å². The first kappa shape index (κ1) is 20.2. The molecule has 3 rings (SSSR count). The number of carbonyl (C=O) groups excluding carboxylic acids is 1. The molecule has 9 nitrogen and oxygen atoms in total. The number of carbonyl (C=O) groups is 1. The number of nitrogens with zero attached hydrogens (tertiary/aromatic N) is 3. The molecule has 150 valence electrons. The Balaban J connectivity index is 1.78. The number of anilines is 2. The molecule has 0 atom stereocenters. The molecule has 0 spiro atoms. The van der Waals surface area contributed by atoms with E-state index >= 15 is 0 Å². The van der Waals surface area contributed by atoms with Crippen LogP contribution in [0.3, 0.4) is 0 Å². The highest BCUT2D eigenvalue weighted by molar-refractivity contribution is 7.90. The molecule has 1 fully saturated rings. The van der Waals surface area contributed by atoms with E-state index in [0.29, 0.717) is 5.69 Å². The topological polar surface area (TPSA) is 114 Å². The number of urea groups is 1. The van der Waals surface area contributed by atoms with E-state index in [0.717, 1.165) is 31.6 Å². The Bertz CT molecular complexity index is 993. The number of aryl methyl sites for hydroxylation is 1. The highest BCUT2D eigenvalue weighted by atomic mass is 35.5. The smallest absolute Gasteiger partial charge is 0.335 e. The van der Waals surface area contributed by atoms with Gasteiger partial charge in [0.15, 0.2) is 0 Å². The molecule has 1 aliphatic rings. The van der Waals surface area contributed by atoms with E-state index in [9.17, 15) is 13.2 Å². The van der Waals surface area contributed by atoms with Crippen LogP contribution in [0.4, 0.5) is 16.4 Å². The summed E-state index contributed by atoms with van der Waals surface area (Å²) in [7, 11) is -2.77. The van der Waals surface area contributed by atoms with Crippen LogP contribution in [0.2, 0.25) is 5.02 Å². The lowest BCUT2D eigenvalue weighted by Crippen LogP contribution is -2.35. The number of hydrogen-bond acceptors (Lipinski definition) is 7. The Morgan fingerprint density at radius 1 is 1.21 bits per heavy atom. The third-order valence-corrected chi connectivity index (χ3v) is 5.98. The predicted octanol–water partition coefficient (Wildman–Crippen LogP) is 2.56. The van der Waals surface area contributed by atoms with Crippen molar-refractivity contribution in [2.45, 2.75) is 24.7 Å². The molecule has 2 amide bonds. The monoisotopic (exact) mass is 425 g/mol. The number of sulfonamides is 1. The van der Waals surface area contributed by atoms with Crippen LogP contribution < -0.4 is 19.7 Å². The lowest BCUT2D eigenvalue weighted by atomic mass is 10.3. The van der Waals surface area contributed by atoms with Crippen LogP contribution in [0.15, 0.2) is 29.2 Å². The van der Waals surface area contributed by atoms with E-state index in [2.05, 4.69) is 20.2 Å². The van der Waals surface area contributed by atoms with Gasteiger partial charge in [-0.25, -0.2) is 22.9 Å². The number of nitrogens with one attached hydrogen (secondary N) is 2. The van der Waals surface area contributed by atoms with Crippen molar-refractivity contribution < 1.29 is 17.9 Å². The van der Waals surface area contributed by atoms with Crippen molar-refractivity contribution in [2.75, 3.05) is 30.4 Å². The predicted molar refractivity (Wildman–Crippen MR) is 106 cm³/mol. The van der Waals surface area contributed by atoms with Crippen LogP contribution in [0, 0.1) is 6.92 Å². The minimum absolute atomic E-state index is 0.0247. The van der Waals surface area contributed by atoms with Gasteiger partial charge in [0.25, 0.3) is 10.0 Å². The fraction of sp³-hybridized carbons (Fsp3) is 0.353. The summed E-state index contributed by atoms with van der Waals surface area (Å²) < 4.78 is 32.3. The van der Waals surface area contributed by atoms with E-state index in [1.54, 1.807) is 19.1 Å². The van der Waals surface area contributed by atoms with Crippen LogP contribution in [-0.4, -0.2) is 44.6 Å². The van der Waals surface area contributed by atoms with E-state index in [1.807, 2.05) is 4.72 Å². The first-order valence-corrected chi connectivity index (χ1v) is 10.4. The third kappa shape index (κ3) is 4.63. The van der Waals surface area contributed by atoms with E-state index in [4.69, 9.17) is 16.3 Å². The first-order chi connectivity index (χ1) is 13.3. The second-order valence-electron chi connectivity index (χ2n) is 6.24. The molecule has 1 aliphatic heterocycles. The highest BCUT2D eigenvalue weighted by Gasteiger charge is 2.23. The Kier molecular flexibility index (Phi) is 5.90. The standard InChI is InChI=1S/C17H20ClN5O4S/c1-11-9-15(27-2)20-16(19-11)21-17(24)22-28(25,26)14-10-12(5-6-13(14)18)23-7-3-4-8-23/h5-6,9-10H,3-4,7-8H2,1-2H3,(H2,19,20,21,22,24). The zero-order chi connectivity index (χ0) is 20.3. The van der Waals surface area contributed by atoms with Crippen LogP contribution in [0.1, 0.15) is 18.5 Å². The van der Waals surface area contributed by atoms with Crippen LogP contribution >= 0.6 is 11.6 Å². The molecule has 28 heavy (non-hydrogen) atoms. The summed E-state index contributed by atoms with van der Waals surface area (Å²) in [6, 6.07) is 5.31. The maximum Gasteiger partial charge on any atom is 0.335 e. The molecular formula is C17H20ClN5O4S. The zero-order valence-corrected chi connectivity index (χ0v) is 17.0. The number of ether oxygens (including phenoxy) is 1. The second kappa shape index (κ2) is 8.19. The Morgan fingerprint density at radius 2 is 1.93 bits per heavy atom. The quantitative estimate of drug-likeness (QED) is 0.756. The molecule has 2 aromatic rings. The summed E-state index contributed by atoms with van der Waals surface area (Å²) >= 11 is 6.08. The maximum atomic E-state index is 12.7. The van der Waals surface area contributed by atoms with E-state index < -0.39 is 16.1 Å². The first-order valence-electron chi connectivity index (χ1n) is 8.56. The number of halogens is 1. The summed E-state index contributed by atoms with van der Waals surface area (Å²) in [4.78, 5) is 22.1. The van der Waals surface area contributed by atoms with Gasteiger partial charge < -0.3 is 9.64 Å². The average Bonchev–Trinajstić information content (AvgIpc) is 3.15. The van der Waals surface area contributed by atoms with Crippen molar-refractivity contribution >= 4 is 39.3 Å². The van der Waals surface area contributed by atoms with E-state index in [1.165, 1.54) is 19.2 Å². The van der Waals surface area contributed by atoms with Gasteiger partial charge in [-0.3, -0.25) is 5.32 Å². The molecule has 1 aromatic carbocycles. The van der Waals surface area contributed by atoms with Crippen molar-refractivity contribution in [3.05, 3.63) is 35.0 Å². The van der Waals surface area contributed by atoms with Crippen LogP contribution in [0.5, 0.6) is 5.88 Å². The molecule has 0 radical (unpaired) electrons. The molecule has 1 aromatic heterocycles. The molecule has 0 saturated carbocycles. The van der Waals surface area contributed by atoms with Gasteiger partial charge in [0.05, 0.1) is 12.1 Å². The number of hydrogen-bond donors (Lipinski definition) is 2. The Hall–Kier alpha value is -2.59. The lowest BCUT2D eigenvalue weighted by Gasteiger charge is -2.19. The largest absolute Gasteiger partial charge is 0.481 e. The molecule has 0 bridgehead atoms. The number of benzene rings is 1. The van der Waals surface area contributed by atoms with Gasteiger partial charge in [-0.1, -0.05) is 11.6 Å². The summed E-state index contributed by atoms with van der Waals surface area (Å²) in [5.74, 6) is 0.161. The van der Waals surface area contributed by atoms with Gasteiger partial charge in [-0.15, -0.1) is 0 Å². The lowest BCUT2D eigenvalue weighted by molar-refractivity contribution is 0.256. The molecule has 0 unspecified atom stereocenters. The number of amides is 2. The molecule has 0 aliphatic carbocycles. The minimum atomic E-state index is -4.20. The van der Waals surface area contributed by atoms with Gasteiger partial charge >= 0.3 is 6.03 Å². The highest BCUT2D eigenvalue weighted by Crippen LogP contribution is 2.28.